The van der Waals surface area contributed by atoms with Crippen LogP contribution in [-0.4, -0.2) is 64.3 Å². The molecule has 1 amide bonds. The zero-order valence-electron chi connectivity index (χ0n) is 16.6. The minimum Gasteiger partial charge on any atom is -0.354 e. The molecule has 1 aliphatic rings. The van der Waals surface area contributed by atoms with Gasteiger partial charge < -0.3 is 20.1 Å². The van der Waals surface area contributed by atoms with Gasteiger partial charge in [0.05, 0.1) is 0 Å². The van der Waals surface area contributed by atoms with Crippen LogP contribution < -0.4 is 10.6 Å². The zero-order chi connectivity index (χ0) is 18.6. The number of amides is 1. The van der Waals surface area contributed by atoms with Gasteiger partial charge in [0.15, 0.2) is 5.96 Å². The molecule has 0 spiro atoms. The van der Waals surface area contributed by atoms with Crippen molar-refractivity contribution in [1.29, 1.82) is 0 Å². The molecule has 1 aliphatic heterocycles. The number of nitrogens with zero attached hydrogens (tertiary/aromatic N) is 5. The first-order valence-corrected chi connectivity index (χ1v) is 8.97. The van der Waals surface area contributed by atoms with Gasteiger partial charge in [-0.15, -0.1) is 34.2 Å². The first kappa shape index (κ1) is 22.7. The van der Waals surface area contributed by atoms with Crippen LogP contribution in [0, 0.1) is 0 Å². The van der Waals surface area contributed by atoms with Gasteiger partial charge in [0.1, 0.15) is 18.2 Å². The number of aryl methyl sites for hydroxylation is 1. The molecule has 2 N–H and O–H groups in total. The van der Waals surface area contributed by atoms with Gasteiger partial charge in [0, 0.05) is 45.1 Å². The summed E-state index contributed by atoms with van der Waals surface area (Å²) in [6, 6.07) is 0.474. The smallest absolute Gasteiger partial charge is 0.243 e. The quantitative estimate of drug-likeness (QED) is 0.380. The minimum atomic E-state index is -0.0170. The van der Waals surface area contributed by atoms with Gasteiger partial charge >= 0.3 is 0 Å². The molecule has 8 nitrogen and oxygen atoms in total. The molecular formula is C17H32IN7O. The van der Waals surface area contributed by atoms with Crippen LogP contribution in [-0.2, 0) is 17.8 Å². The third kappa shape index (κ3) is 6.10. The summed E-state index contributed by atoms with van der Waals surface area (Å²) in [5.41, 5.74) is 0. The van der Waals surface area contributed by atoms with Crippen molar-refractivity contribution in [2.45, 2.75) is 65.1 Å². The lowest BCUT2D eigenvalue weighted by Gasteiger charge is -2.28. The SMILES string of the molecule is CC(C)NC(=NCC(=O)N(C)C)NC1CCc2nnc(C(C)C)n2C1.I. The number of aliphatic imine (C=N–C) groups is 1. The van der Waals surface area contributed by atoms with Crippen LogP contribution in [0.2, 0.25) is 0 Å². The molecule has 0 bridgehead atoms. The number of aromatic nitrogens is 3. The van der Waals surface area contributed by atoms with E-state index in [-0.39, 0.29) is 48.5 Å². The van der Waals surface area contributed by atoms with Crippen molar-refractivity contribution in [3.8, 4) is 0 Å². The van der Waals surface area contributed by atoms with Crippen molar-refractivity contribution in [3.05, 3.63) is 11.6 Å². The van der Waals surface area contributed by atoms with Gasteiger partial charge in [0.25, 0.3) is 0 Å². The van der Waals surface area contributed by atoms with Crippen LogP contribution in [0.25, 0.3) is 0 Å². The van der Waals surface area contributed by atoms with Gasteiger partial charge in [-0.25, -0.2) is 4.99 Å². The topological polar surface area (TPSA) is 87.4 Å². The zero-order valence-corrected chi connectivity index (χ0v) is 18.9. The molecule has 2 heterocycles. The third-order valence-electron chi connectivity index (χ3n) is 4.13. The molecule has 9 heteroatoms. The monoisotopic (exact) mass is 477 g/mol. The van der Waals surface area contributed by atoms with E-state index in [9.17, 15) is 4.79 Å². The molecule has 0 aliphatic carbocycles. The lowest BCUT2D eigenvalue weighted by Crippen LogP contribution is -2.49. The Bertz CT molecular complexity index is 625. The van der Waals surface area contributed by atoms with Gasteiger partial charge in [-0.2, -0.15) is 0 Å². The van der Waals surface area contributed by atoms with Crippen molar-refractivity contribution in [2.75, 3.05) is 20.6 Å². The van der Waals surface area contributed by atoms with E-state index in [4.69, 9.17) is 0 Å². The molecule has 0 saturated carbocycles. The Morgan fingerprint density at radius 2 is 2.00 bits per heavy atom. The van der Waals surface area contributed by atoms with Crippen molar-refractivity contribution >= 4 is 35.8 Å². The maximum atomic E-state index is 11.8. The maximum absolute atomic E-state index is 11.8. The molecule has 0 aromatic carbocycles. The van der Waals surface area contributed by atoms with E-state index >= 15 is 0 Å². The fourth-order valence-corrected chi connectivity index (χ4v) is 2.78. The molecule has 1 aromatic rings. The highest BCUT2D eigenvalue weighted by Crippen LogP contribution is 2.20. The van der Waals surface area contributed by atoms with Gasteiger partial charge in [-0.3, -0.25) is 4.79 Å². The van der Waals surface area contributed by atoms with E-state index < -0.39 is 0 Å². The Kier molecular flexibility index (Phi) is 8.78. The Balaban J connectivity index is 0.00000338. The highest BCUT2D eigenvalue weighted by atomic mass is 127. The molecule has 1 atom stereocenters. The normalized spacial score (nSPS) is 16.9. The average Bonchev–Trinajstić information content (AvgIpc) is 2.94. The highest BCUT2D eigenvalue weighted by Gasteiger charge is 2.24. The number of carbonyl (C=O) groups is 1. The summed E-state index contributed by atoms with van der Waals surface area (Å²) in [5, 5.41) is 15.4. The molecule has 0 radical (unpaired) electrons. The number of fused-ring (bicyclic) bond motifs is 1. The summed E-state index contributed by atoms with van der Waals surface area (Å²) in [4.78, 5) is 17.8. The van der Waals surface area contributed by atoms with Crippen molar-refractivity contribution in [1.82, 2.24) is 30.3 Å². The van der Waals surface area contributed by atoms with Crippen LogP contribution in [0.1, 0.15) is 51.7 Å². The molecule has 1 aromatic heterocycles. The second kappa shape index (κ2) is 10.1. The summed E-state index contributed by atoms with van der Waals surface area (Å²) in [7, 11) is 3.48. The molecule has 26 heavy (non-hydrogen) atoms. The van der Waals surface area contributed by atoms with Crippen molar-refractivity contribution in [2.24, 2.45) is 4.99 Å². The molecule has 2 rings (SSSR count). The van der Waals surface area contributed by atoms with Crippen LogP contribution in [0.3, 0.4) is 0 Å². The highest BCUT2D eigenvalue weighted by molar-refractivity contribution is 14.0. The van der Waals surface area contributed by atoms with Gasteiger partial charge in [-0.05, 0) is 20.3 Å². The van der Waals surface area contributed by atoms with E-state index in [2.05, 4.69) is 58.1 Å². The minimum absolute atomic E-state index is 0. The molecule has 0 saturated heterocycles. The Morgan fingerprint density at radius 3 is 2.58 bits per heavy atom. The van der Waals surface area contributed by atoms with E-state index in [1.165, 1.54) is 0 Å². The average molecular weight is 477 g/mol. The Labute approximate surface area is 173 Å². The molecule has 148 valence electrons. The van der Waals surface area contributed by atoms with Crippen LogP contribution in [0.5, 0.6) is 0 Å². The Morgan fingerprint density at radius 1 is 1.31 bits per heavy atom. The summed E-state index contributed by atoms with van der Waals surface area (Å²) >= 11 is 0. The standard InChI is InChI=1S/C17H31N7O.HI/c1-11(2)16-22-21-14-8-7-13(10-24(14)16)20-17(19-12(3)4)18-9-15(25)23(5)6;/h11-13H,7-10H2,1-6H3,(H2,18,19,20);1H. The number of likely N-dealkylation sites (N-methyl/N-ethyl adjacent to an activating group) is 1. The summed E-state index contributed by atoms with van der Waals surface area (Å²) in [6.45, 7) is 9.33. The molecule has 1 unspecified atom stereocenters. The molecular weight excluding hydrogens is 445 g/mol. The lowest BCUT2D eigenvalue weighted by molar-refractivity contribution is -0.127. The van der Waals surface area contributed by atoms with Crippen LogP contribution in [0.4, 0.5) is 0 Å². The van der Waals surface area contributed by atoms with Crippen molar-refractivity contribution < 1.29 is 4.79 Å². The predicted octanol–water partition coefficient (Wildman–Crippen LogP) is 1.37. The number of carbonyl (C=O) groups excluding carboxylic acids is 1. The summed E-state index contributed by atoms with van der Waals surface area (Å²) in [6.07, 6.45) is 1.86. The number of nitrogens with one attached hydrogen (secondary N) is 2. The number of hydrogen-bond acceptors (Lipinski definition) is 4. The number of hydrogen-bond donors (Lipinski definition) is 2. The summed E-state index contributed by atoms with van der Waals surface area (Å²) in [5.74, 6) is 3.09. The predicted molar refractivity (Wildman–Crippen MR) is 114 cm³/mol. The Hall–Kier alpha value is -1.39. The molecule has 0 fully saturated rings. The third-order valence-corrected chi connectivity index (χ3v) is 4.13. The van der Waals surface area contributed by atoms with E-state index in [1.807, 2.05) is 0 Å². The number of guanidine groups is 1. The largest absolute Gasteiger partial charge is 0.354 e. The summed E-state index contributed by atoms with van der Waals surface area (Å²) < 4.78 is 2.21. The van der Waals surface area contributed by atoms with E-state index in [1.54, 1.807) is 19.0 Å². The number of halogens is 1. The first-order chi connectivity index (χ1) is 11.8. The second-order valence-electron chi connectivity index (χ2n) is 7.37. The lowest BCUT2D eigenvalue weighted by atomic mass is 10.1. The fraction of sp³-hybridized carbons (Fsp3) is 0.765. The van der Waals surface area contributed by atoms with E-state index in [0.717, 1.165) is 31.0 Å². The van der Waals surface area contributed by atoms with Crippen LogP contribution in [0.15, 0.2) is 4.99 Å². The van der Waals surface area contributed by atoms with Gasteiger partial charge in [-0.1, -0.05) is 13.8 Å². The fourth-order valence-electron chi connectivity index (χ4n) is 2.78. The maximum Gasteiger partial charge on any atom is 0.243 e. The van der Waals surface area contributed by atoms with Gasteiger partial charge in [0.2, 0.25) is 5.91 Å². The van der Waals surface area contributed by atoms with E-state index in [0.29, 0.717) is 11.9 Å². The van der Waals surface area contributed by atoms with Crippen LogP contribution >= 0.6 is 24.0 Å². The second-order valence-corrected chi connectivity index (χ2v) is 7.37. The first-order valence-electron chi connectivity index (χ1n) is 8.97. The van der Waals surface area contributed by atoms with Crippen molar-refractivity contribution in [3.63, 3.8) is 0 Å². The number of rotatable bonds is 5.